The minimum atomic E-state index is 0.0481. The number of rotatable bonds is 6. The molecule has 1 aromatic carbocycles. The molecular weight excluding hydrogens is 380 g/mol. The van der Waals surface area contributed by atoms with E-state index < -0.39 is 0 Å². The standard InChI is InChI=1S/C23H32N4O3/c1-2-3-12-24-21(28)17-8-13-26(14-9-17)22(29)18-10-15-27(16-11-18)23-25-19-6-4-5-7-20(19)30-23/h4-7,17-18H,2-3,8-16H2,1H3,(H,24,28). The molecule has 0 spiro atoms. The molecule has 0 aliphatic carbocycles. The number of benzene rings is 1. The van der Waals surface area contributed by atoms with Crippen molar-refractivity contribution in [1.82, 2.24) is 15.2 Å². The maximum atomic E-state index is 13.0. The quantitative estimate of drug-likeness (QED) is 0.737. The van der Waals surface area contributed by atoms with Gasteiger partial charge in [0.25, 0.3) is 6.01 Å². The van der Waals surface area contributed by atoms with Crippen LogP contribution in [0.25, 0.3) is 11.1 Å². The van der Waals surface area contributed by atoms with Crippen molar-refractivity contribution in [2.75, 3.05) is 37.6 Å². The average molecular weight is 413 g/mol. The molecule has 30 heavy (non-hydrogen) atoms. The third kappa shape index (κ3) is 4.60. The molecule has 4 rings (SSSR count). The highest BCUT2D eigenvalue weighted by Gasteiger charge is 2.33. The van der Waals surface area contributed by atoms with Crippen LogP contribution in [0.2, 0.25) is 0 Å². The lowest BCUT2D eigenvalue weighted by molar-refractivity contribution is -0.139. The third-order valence-electron chi connectivity index (χ3n) is 6.40. The second-order valence-corrected chi connectivity index (χ2v) is 8.47. The van der Waals surface area contributed by atoms with Gasteiger partial charge in [0, 0.05) is 44.6 Å². The molecule has 2 fully saturated rings. The average Bonchev–Trinajstić information content (AvgIpc) is 3.23. The van der Waals surface area contributed by atoms with Gasteiger partial charge in [-0.05, 0) is 44.2 Å². The number of nitrogens with zero attached hydrogens (tertiary/aromatic N) is 3. The van der Waals surface area contributed by atoms with Crippen molar-refractivity contribution in [3.05, 3.63) is 24.3 Å². The van der Waals surface area contributed by atoms with E-state index in [2.05, 4.69) is 22.1 Å². The number of para-hydroxylation sites is 2. The molecule has 2 aliphatic heterocycles. The lowest BCUT2D eigenvalue weighted by Crippen LogP contribution is -2.47. The highest BCUT2D eigenvalue weighted by Crippen LogP contribution is 2.28. The smallest absolute Gasteiger partial charge is 0.298 e. The number of piperidine rings is 2. The van der Waals surface area contributed by atoms with Gasteiger partial charge in [0.05, 0.1) is 0 Å². The van der Waals surface area contributed by atoms with E-state index in [1.165, 1.54) is 0 Å². The summed E-state index contributed by atoms with van der Waals surface area (Å²) in [4.78, 5) is 33.9. The first-order valence-electron chi connectivity index (χ1n) is 11.3. The van der Waals surface area contributed by atoms with Crippen molar-refractivity contribution in [3.63, 3.8) is 0 Å². The zero-order valence-corrected chi connectivity index (χ0v) is 17.8. The molecule has 7 nitrogen and oxygen atoms in total. The normalized spacial score (nSPS) is 18.7. The van der Waals surface area contributed by atoms with E-state index in [4.69, 9.17) is 4.42 Å². The second kappa shape index (κ2) is 9.49. The monoisotopic (exact) mass is 412 g/mol. The van der Waals surface area contributed by atoms with E-state index in [0.717, 1.165) is 69.3 Å². The first-order valence-corrected chi connectivity index (χ1v) is 11.3. The number of carbonyl (C=O) groups is 2. The number of unbranched alkanes of at least 4 members (excludes halogenated alkanes) is 1. The van der Waals surface area contributed by atoms with Gasteiger partial charge in [0.2, 0.25) is 11.8 Å². The first kappa shape index (κ1) is 20.7. The molecule has 3 heterocycles. The predicted octanol–water partition coefficient (Wildman–Crippen LogP) is 3.20. The summed E-state index contributed by atoms with van der Waals surface area (Å²) in [6, 6.07) is 8.43. The highest BCUT2D eigenvalue weighted by molar-refractivity contribution is 5.81. The van der Waals surface area contributed by atoms with Gasteiger partial charge in [-0.15, -0.1) is 0 Å². The number of hydrogen-bond donors (Lipinski definition) is 1. The molecule has 0 radical (unpaired) electrons. The maximum Gasteiger partial charge on any atom is 0.298 e. The minimum Gasteiger partial charge on any atom is -0.423 e. The summed E-state index contributed by atoms with van der Waals surface area (Å²) >= 11 is 0. The zero-order chi connectivity index (χ0) is 20.9. The molecule has 2 saturated heterocycles. The van der Waals surface area contributed by atoms with Crippen molar-refractivity contribution in [3.8, 4) is 0 Å². The van der Waals surface area contributed by atoms with Gasteiger partial charge in [-0.1, -0.05) is 25.5 Å². The molecule has 1 aromatic heterocycles. The fraction of sp³-hybridized carbons (Fsp3) is 0.609. The SMILES string of the molecule is CCCCNC(=O)C1CCN(C(=O)C2CCN(c3nc4ccccc4o3)CC2)CC1. The summed E-state index contributed by atoms with van der Waals surface area (Å²) in [6.45, 7) is 5.81. The summed E-state index contributed by atoms with van der Waals surface area (Å²) in [5.74, 6) is 0.506. The number of nitrogens with one attached hydrogen (secondary N) is 1. The van der Waals surface area contributed by atoms with Gasteiger partial charge in [-0.2, -0.15) is 4.98 Å². The number of anilines is 1. The Morgan fingerprint density at radius 1 is 1.07 bits per heavy atom. The van der Waals surface area contributed by atoms with Crippen LogP contribution in [0.3, 0.4) is 0 Å². The fourth-order valence-corrected chi connectivity index (χ4v) is 4.47. The Morgan fingerprint density at radius 3 is 2.47 bits per heavy atom. The number of fused-ring (bicyclic) bond motifs is 1. The Hall–Kier alpha value is -2.57. The number of aromatic nitrogens is 1. The summed E-state index contributed by atoms with van der Waals surface area (Å²) in [5.41, 5.74) is 1.67. The number of hydrogen-bond acceptors (Lipinski definition) is 5. The topological polar surface area (TPSA) is 78.7 Å². The summed E-state index contributed by atoms with van der Waals surface area (Å²) in [6.07, 6.45) is 5.27. The van der Waals surface area contributed by atoms with Gasteiger partial charge in [0.15, 0.2) is 5.58 Å². The third-order valence-corrected chi connectivity index (χ3v) is 6.40. The first-order chi connectivity index (χ1) is 14.7. The number of carbonyl (C=O) groups excluding carboxylic acids is 2. The van der Waals surface area contributed by atoms with Crippen LogP contribution in [0.5, 0.6) is 0 Å². The Bertz CT molecular complexity index is 831. The maximum absolute atomic E-state index is 13.0. The van der Waals surface area contributed by atoms with Crippen molar-refractivity contribution < 1.29 is 14.0 Å². The number of likely N-dealkylation sites (tertiary alicyclic amines) is 1. The van der Waals surface area contributed by atoms with Crippen LogP contribution < -0.4 is 10.2 Å². The van der Waals surface area contributed by atoms with Crippen molar-refractivity contribution >= 4 is 28.9 Å². The molecule has 2 aromatic rings. The molecule has 1 N–H and O–H groups in total. The summed E-state index contributed by atoms with van der Waals surface area (Å²) in [5, 5.41) is 3.03. The lowest BCUT2D eigenvalue weighted by Gasteiger charge is -2.36. The van der Waals surface area contributed by atoms with E-state index >= 15 is 0 Å². The molecule has 7 heteroatoms. The number of amides is 2. The minimum absolute atomic E-state index is 0.0481. The Morgan fingerprint density at radius 2 is 1.77 bits per heavy atom. The van der Waals surface area contributed by atoms with Gasteiger partial charge < -0.3 is 19.5 Å². The largest absolute Gasteiger partial charge is 0.423 e. The van der Waals surface area contributed by atoms with Gasteiger partial charge in [-0.3, -0.25) is 9.59 Å². The highest BCUT2D eigenvalue weighted by atomic mass is 16.4. The van der Waals surface area contributed by atoms with Crippen LogP contribution in [0.15, 0.2) is 28.7 Å². The van der Waals surface area contributed by atoms with E-state index in [9.17, 15) is 9.59 Å². The van der Waals surface area contributed by atoms with Crippen LogP contribution in [0.1, 0.15) is 45.4 Å². The van der Waals surface area contributed by atoms with Crippen LogP contribution in [0.4, 0.5) is 6.01 Å². The van der Waals surface area contributed by atoms with Gasteiger partial charge in [-0.25, -0.2) is 0 Å². The molecule has 0 saturated carbocycles. The fourth-order valence-electron chi connectivity index (χ4n) is 4.47. The van der Waals surface area contributed by atoms with Crippen LogP contribution >= 0.6 is 0 Å². The summed E-state index contributed by atoms with van der Waals surface area (Å²) in [7, 11) is 0. The molecular formula is C23H32N4O3. The molecule has 2 amide bonds. The van der Waals surface area contributed by atoms with E-state index in [1.54, 1.807) is 0 Å². The molecule has 0 bridgehead atoms. The van der Waals surface area contributed by atoms with Crippen molar-refractivity contribution in [2.45, 2.75) is 45.4 Å². The summed E-state index contributed by atoms with van der Waals surface area (Å²) < 4.78 is 5.87. The van der Waals surface area contributed by atoms with Gasteiger partial charge >= 0.3 is 0 Å². The van der Waals surface area contributed by atoms with Crippen LogP contribution in [0, 0.1) is 11.8 Å². The zero-order valence-electron chi connectivity index (χ0n) is 17.8. The van der Waals surface area contributed by atoms with Crippen LogP contribution in [-0.2, 0) is 9.59 Å². The molecule has 0 unspecified atom stereocenters. The van der Waals surface area contributed by atoms with Crippen molar-refractivity contribution in [2.24, 2.45) is 11.8 Å². The predicted molar refractivity (Wildman–Crippen MR) is 116 cm³/mol. The van der Waals surface area contributed by atoms with E-state index in [0.29, 0.717) is 19.1 Å². The lowest BCUT2D eigenvalue weighted by atomic mass is 9.91. The van der Waals surface area contributed by atoms with Crippen molar-refractivity contribution in [1.29, 1.82) is 0 Å². The Labute approximate surface area is 177 Å². The Kier molecular flexibility index (Phi) is 6.55. The molecule has 0 atom stereocenters. The van der Waals surface area contributed by atoms with E-state index in [1.807, 2.05) is 29.2 Å². The van der Waals surface area contributed by atoms with E-state index in [-0.39, 0.29) is 23.7 Å². The molecule has 162 valence electrons. The second-order valence-electron chi connectivity index (χ2n) is 8.47. The number of oxazole rings is 1. The Balaban J connectivity index is 1.24. The van der Waals surface area contributed by atoms with Crippen LogP contribution in [-0.4, -0.2) is 54.4 Å². The van der Waals surface area contributed by atoms with Gasteiger partial charge in [0.1, 0.15) is 5.52 Å². The molecule has 2 aliphatic rings.